The minimum Gasteiger partial charge on any atom is -0.392 e. The molecule has 2 saturated carbocycles. The molecule has 0 aliphatic heterocycles. The largest absolute Gasteiger partial charge is 0.392 e. The quantitative estimate of drug-likeness (QED) is 0.712. The summed E-state index contributed by atoms with van der Waals surface area (Å²) in [6.45, 7) is 2.83. The van der Waals surface area contributed by atoms with Crippen molar-refractivity contribution in [2.45, 2.75) is 57.7 Å². The van der Waals surface area contributed by atoms with Gasteiger partial charge in [0.1, 0.15) is 0 Å². The van der Waals surface area contributed by atoms with Crippen molar-refractivity contribution in [2.24, 2.45) is 5.41 Å². The Balaban J connectivity index is 1.99. The first-order valence-corrected chi connectivity index (χ1v) is 5.59. The van der Waals surface area contributed by atoms with Crippen LogP contribution in [0.4, 0.5) is 0 Å². The van der Waals surface area contributed by atoms with Gasteiger partial charge in [-0.25, -0.2) is 0 Å². The van der Waals surface area contributed by atoms with Gasteiger partial charge in [0.25, 0.3) is 0 Å². The maximum atomic E-state index is 9.84. The molecule has 1 N–H and O–H groups in total. The first kappa shape index (κ1) is 9.47. The van der Waals surface area contributed by atoms with E-state index < -0.39 is 0 Å². The van der Waals surface area contributed by atoms with Crippen LogP contribution in [0.5, 0.6) is 0 Å². The molecule has 0 unspecified atom stereocenters. The second-order valence-corrected chi connectivity index (χ2v) is 4.49. The van der Waals surface area contributed by atoms with Crippen LogP contribution in [0.15, 0.2) is 0 Å². The van der Waals surface area contributed by atoms with Crippen LogP contribution in [0.25, 0.3) is 0 Å². The SMILES string of the molecule is CCO[C@H]1C[C@H](O)C12CCCCC2. The predicted octanol–water partition coefficient (Wildman–Crippen LogP) is 2.11. The van der Waals surface area contributed by atoms with E-state index in [4.69, 9.17) is 4.74 Å². The van der Waals surface area contributed by atoms with E-state index in [0.717, 1.165) is 13.0 Å². The summed E-state index contributed by atoms with van der Waals surface area (Å²) >= 11 is 0. The summed E-state index contributed by atoms with van der Waals surface area (Å²) in [5.74, 6) is 0. The molecular formula is C11H20O2. The summed E-state index contributed by atoms with van der Waals surface area (Å²) < 4.78 is 5.68. The second-order valence-electron chi connectivity index (χ2n) is 4.49. The van der Waals surface area contributed by atoms with Crippen molar-refractivity contribution >= 4 is 0 Å². The van der Waals surface area contributed by atoms with Crippen LogP contribution < -0.4 is 0 Å². The lowest BCUT2D eigenvalue weighted by Crippen LogP contribution is -2.58. The van der Waals surface area contributed by atoms with Gasteiger partial charge in [-0.3, -0.25) is 0 Å². The summed E-state index contributed by atoms with van der Waals surface area (Å²) in [4.78, 5) is 0. The predicted molar refractivity (Wildman–Crippen MR) is 51.6 cm³/mol. The topological polar surface area (TPSA) is 29.5 Å². The summed E-state index contributed by atoms with van der Waals surface area (Å²) in [6, 6.07) is 0. The van der Waals surface area contributed by atoms with E-state index in [1.165, 1.54) is 32.1 Å². The summed E-state index contributed by atoms with van der Waals surface area (Å²) in [5, 5.41) is 9.84. The Morgan fingerprint density at radius 2 is 2.00 bits per heavy atom. The highest BCUT2D eigenvalue weighted by Gasteiger charge is 2.54. The zero-order chi connectivity index (χ0) is 9.31. The molecule has 0 saturated heterocycles. The van der Waals surface area contributed by atoms with Gasteiger partial charge in [0.05, 0.1) is 12.2 Å². The number of hydrogen-bond donors (Lipinski definition) is 1. The van der Waals surface area contributed by atoms with Crippen molar-refractivity contribution in [3.63, 3.8) is 0 Å². The third-order valence-electron chi connectivity index (χ3n) is 3.89. The van der Waals surface area contributed by atoms with Crippen LogP contribution in [-0.4, -0.2) is 23.9 Å². The molecule has 0 aromatic carbocycles. The molecule has 0 heterocycles. The molecule has 0 bridgehead atoms. The van der Waals surface area contributed by atoms with E-state index in [-0.39, 0.29) is 11.5 Å². The fourth-order valence-corrected chi connectivity index (χ4v) is 3.03. The Hall–Kier alpha value is -0.0800. The number of hydrogen-bond acceptors (Lipinski definition) is 2. The van der Waals surface area contributed by atoms with Crippen LogP contribution in [0, 0.1) is 5.41 Å². The Labute approximate surface area is 80.3 Å². The van der Waals surface area contributed by atoms with E-state index in [2.05, 4.69) is 0 Å². The Morgan fingerprint density at radius 1 is 1.31 bits per heavy atom. The fraction of sp³-hybridized carbons (Fsp3) is 1.00. The van der Waals surface area contributed by atoms with Gasteiger partial charge < -0.3 is 9.84 Å². The average Bonchev–Trinajstić information content (AvgIpc) is 2.19. The third-order valence-corrected chi connectivity index (χ3v) is 3.89. The molecule has 0 aromatic rings. The van der Waals surface area contributed by atoms with Crippen LogP contribution >= 0.6 is 0 Å². The summed E-state index contributed by atoms with van der Waals surface area (Å²) in [5.41, 5.74) is 0.161. The van der Waals surface area contributed by atoms with Crippen LogP contribution in [0.2, 0.25) is 0 Å². The highest BCUT2D eigenvalue weighted by Crippen LogP contribution is 2.53. The lowest BCUT2D eigenvalue weighted by Gasteiger charge is -2.55. The molecule has 2 rings (SSSR count). The Morgan fingerprint density at radius 3 is 2.54 bits per heavy atom. The van der Waals surface area contributed by atoms with Crippen molar-refractivity contribution in [1.29, 1.82) is 0 Å². The zero-order valence-corrected chi connectivity index (χ0v) is 8.46. The Kier molecular flexibility index (Phi) is 2.61. The first-order valence-electron chi connectivity index (χ1n) is 5.59. The smallest absolute Gasteiger partial charge is 0.0680 e. The molecule has 0 amide bonds. The van der Waals surface area contributed by atoms with Gasteiger partial charge in [-0.05, 0) is 19.8 Å². The van der Waals surface area contributed by atoms with Crippen molar-refractivity contribution < 1.29 is 9.84 Å². The molecule has 2 atom stereocenters. The molecule has 2 aliphatic carbocycles. The molecule has 13 heavy (non-hydrogen) atoms. The summed E-state index contributed by atoms with van der Waals surface area (Å²) in [6.07, 6.45) is 7.40. The van der Waals surface area contributed by atoms with Crippen LogP contribution in [0.3, 0.4) is 0 Å². The minimum atomic E-state index is -0.0793. The van der Waals surface area contributed by atoms with Crippen molar-refractivity contribution in [1.82, 2.24) is 0 Å². The highest BCUT2D eigenvalue weighted by molar-refractivity contribution is 5.05. The third kappa shape index (κ3) is 1.40. The minimum absolute atomic E-state index is 0.0793. The number of aliphatic hydroxyl groups excluding tert-OH is 1. The Bertz CT molecular complexity index is 171. The van der Waals surface area contributed by atoms with Gasteiger partial charge in [-0.1, -0.05) is 19.3 Å². The molecule has 2 fully saturated rings. The molecule has 2 heteroatoms. The highest BCUT2D eigenvalue weighted by atomic mass is 16.5. The second kappa shape index (κ2) is 3.58. The average molecular weight is 184 g/mol. The molecule has 0 aromatic heterocycles. The molecule has 76 valence electrons. The maximum Gasteiger partial charge on any atom is 0.0680 e. The molecule has 2 nitrogen and oxygen atoms in total. The fourth-order valence-electron chi connectivity index (χ4n) is 3.03. The van der Waals surface area contributed by atoms with E-state index in [1.54, 1.807) is 0 Å². The molecule has 0 radical (unpaired) electrons. The van der Waals surface area contributed by atoms with Crippen molar-refractivity contribution in [3.8, 4) is 0 Å². The number of rotatable bonds is 2. The van der Waals surface area contributed by atoms with Gasteiger partial charge in [-0.15, -0.1) is 0 Å². The number of ether oxygens (including phenoxy) is 1. The van der Waals surface area contributed by atoms with Crippen molar-refractivity contribution in [2.75, 3.05) is 6.61 Å². The molecule has 2 aliphatic rings. The summed E-state index contributed by atoms with van der Waals surface area (Å²) in [7, 11) is 0. The van der Waals surface area contributed by atoms with Gasteiger partial charge >= 0.3 is 0 Å². The van der Waals surface area contributed by atoms with E-state index in [1.807, 2.05) is 6.92 Å². The van der Waals surface area contributed by atoms with Crippen LogP contribution in [-0.2, 0) is 4.74 Å². The molecule has 1 spiro atoms. The van der Waals surface area contributed by atoms with Crippen molar-refractivity contribution in [3.05, 3.63) is 0 Å². The van der Waals surface area contributed by atoms with E-state index >= 15 is 0 Å². The van der Waals surface area contributed by atoms with Gasteiger partial charge in [-0.2, -0.15) is 0 Å². The van der Waals surface area contributed by atoms with E-state index in [0.29, 0.717) is 6.10 Å². The first-order chi connectivity index (χ1) is 6.29. The molecular weight excluding hydrogens is 164 g/mol. The number of aliphatic hydroxyl groups is 1. The lowest BCUT2D eigenvalue weighted by molar-refractivity contribution is -0.204. The maximum absolute atomic E-state index is 9.84. The van der Waals surface area contributed by atoms with Gasteiger partial charge in [0.15, 0.2) is 0 Å². The van der Waals surface area contributed by atoms with Crippen LogP contribution in [0.1, 0.15) is 45.4 Å². The lowest BCUT2D eigenvalue weighted by atomic mass is 9.56. The van der Waals surface area contributed by atoms with E-state index in [9.17, 15) is 5.11 Å². The monoisotopic (exact) mass is 184 g/mol. The standard InChI is InChI=1S/C11H20O2/c1-2-13-10-8-9(12)11(10)6-4-3-5-7-11/h9-10,12H,2-8H2,1H3/t9-,10-/m0/s1. The van der Waals surface area contributed by atoms with Gasteiger partial charge in [0, 0.05) is 18.4 Å². The zero-order valence-electron chi connectivity index (χ0n) is 8.46. The van der Waals surface area contributed by atoms with Gasteiger partial charge in [0.2, 0.25) is 0 Å². The normalized spacial score (nSPS) is 37.4.